The molecule has 19 heavy (non-hydrogen) atoms. The van der Waals surface area contributed by atoms with Crippen LogP contribution in [0.5, 0.6) is 0 Å². The molecule has 1 aliphatic heterocycles. The highest BCUT2D eigenvalue weighted by Crippen LogP contribution is 2.37. The molecular formula is C16H22N2O. The minimum atomic E-state index is 0.183. The number of carbonyl (C=O) groups is 1. The summed E-state index contributed by atoms with van der Waals surface area (Å²) in [5.74, 6) is 1.33. The molecule has 2 fully saturated rings. The molecule has 3 heteroatoms. The molecule has 2 aliphatic rings. The lowest BCUT2D eigenvalue weighted by Crippen LogP contribution is -2.33. The number of carbonyl (C=O) groups excluding carboxylic acids is 1. The van der Waals surface area contributed by atoms with Crippen molar-refractivity contribution in [2.75, 3.05) is 13.1 Å². The molecule has 1 saturated heterocycles. The van der Waals surface area contributed by atoms with Gasteiger partial charge in [0.05, 0.1) is 0 Å². The molecule has 102 valence electrons. The summed E-state index contributed by atoms with van der Waals surface area (Å²) >= 11 is 0. The minimum Gasteiger partial charge on any atom is -0.338 e. The van der Waals surface area contributed by atoms with Crippen molar-refractivity contribution in [2.45, 2.75) is 32.7 Å². The molecule has 1 aromatic carbocycles. The van der Waals surface area contributed by atoms with Crippen LogP contribution in [0.1, 0.15) is 34.3 Å². The molecule has 1 heterocycles. The van der Waals surface area contributed by atoms with E-state index in [9.17, 15) is 4.79 Å². The van der Waals surface area contributed by atoms with E-state index in [4.69, 9.17) is 5.73 Å². The first-order valence-electron chi connectivity index (χ1n) is 7.19. The van der Waals surface area contributed by atoms with Gasteiger partial charge in [-0.15, -0.1) is 0 Å². The van der Waals surface area contributed by atoms with Gasteiger partial charge in [-0.1, -0.05) is 12.1 Å². The van der Waals surface area contributed by atoms with Gasteiger partial charge in [-0.2, -0.15) is 0 Å². The average molecular weight is 258 g/mol. The summed E-state index contributed by atoms with van der Waals surface area (Å²) in [5.41, 5.74) is 9.28. The summed E-state index contributed by atoms with van der Waals surface area (Å²) in [6.07, 6.45) is 2.31. The number of rotatable bonds is 1. The SMILES string of the molecule is Cc1cccc(C(=O)N2C[C@@H]3CC[C@H](N)[C@@H]3C2)c1C. The van der Waals surface area contributed by atoms with E-state index in [2.05, 4.69) is 13.0 Å². The second kappa shape index (κ2) is 4.64. The molecule has 3 nitrogen and oxygen atoms in total. The Kier molecular flexibility index (Phi) is 3.09. The van der Waals surface area contributed by atoms with Gasteiger partial charge >= 0.3 is 0 Å². The van der Waals surface area contributed by atoms with Crippen LogP contribution in [0.15, 0.2) is 18.2 Å². The third kappa shape index (κ3) is 2.06. The lowest BCUT2D eigenvalue weighted by molar-refractivity contribution is 0.0779. The Morgan fingerprint density at radius 3 is 2.79 bits per heavy atom. The minimum absolute atomic E-state index is 0.183. The van der Waals surface area contributed by atoms with E-state index in [-0.39, 0.29) is 5.91 Å². The third-order valence-corrected chi connectivity index (χ3v) is 5.03. The second-order valence-electron chi connectivity index (χ2n) is 6.12. The molecule has 1 amide bonds. The predicted molar refractivity (Wildman–Crippen MR) is 76.0 cm³/mol. The van der Waals surface area contributed by atoms with Crippen LogP contribution in [-0.4, -0.2) is 29.9 Å². The van der Waals surface area contributed by atoms with E-state index in [1.807, 2.05) is 24.0 Å². The van der Waals surface area contributed by atoms with Crippen LogP contribution in [0, 0.1) is 25.7 Å². The molecular weight excluding hydrogens is 236 g/mol. The zero-order valence-corrected chi connectivity index (χ0v) is 11.7. The highest BCUT2D eigenvalue weighted by atomic mass is 16.2. The monoisotopic (exact) mass is 258 g/mol. The van der Waals surface area contributed by atoms with Crippen molar-refractivity contribution < 1.29 is 4.79 Å². The van der Waals surface area contributed by atoms with E-state index in [1.54, 1.807) is 0 Å². The number of aryl methyl sites for hydroxylation is 1. The van der Waals surface area contributed by atoms with Crippen LogP contribution in [0.2, 0.25) is 0 Å². The molecule has 1 aliphatic carbocycles. The van der Waals surface area contributed by atoms with Gasteiger partial charge in [-0.05, 0) is 55.7 Å². The number of benzene rings is 1. The van der Waals surface area contributed by atoms with Crippen molar-refractivity contribution in [3.05, 3.63) is 34.9 Å². The van der Waals surface area contributed by atoms with Gasteiger partial charge in [0.2, 0.25) is 0 Å². The Bertz CT molecular complexity index is 511. The average Bonchev–Trinajstić information content (AvgIpc) is 2.95. The molecule has 1 aromatic rings. The first-order chi connectivity index (χ1) is 9.08. The lowest BCUT2D eigenvalue weighted by atomic mass is 9.98. The topological polar surface area (TPSA) is 46.3 Å². The van der Waals surface area contributed by atoms with Crippen LogP contribution in [-0.2, 0) is 0 Å². The van der Waals surface area contributed by atoms with Crippen molar-refractivity contribution in [1.29, 1.82) is 0 Å². The van der Waals surface area contributed by atoms with Gasteiger partial charge in [0.25, 0.3) is 5.91 Å². The van der Waals surface area contributed by atoms with E-state index >= 15 is 0 Å². The number of amides is 1. The fourth-order valence-electron chi connectivity index (χ4n) is 3.63. The number of hydrogen-bond donors (Lipinski definition) is 1. The van der Waals surface area contributed by atoms with Gasteiger partial charge < -0.3 is 10.6 Å². The van der Waals surface area contributed by atoms with Gasteiger partial charge in [-0.3, -0.25) is 4.79 Å². The van der Waals surface area contributed by atoms with Crippen molar-refractivity contribution in [3.63, 3.8) is 0 Å². The fourth-order valence-corrected chi connectivity index (χ4v) is 3.63. The van der Waals surface area contributed by atoms with Gasteiger partial charge in [0.15, 0.2) is 0 Å². The molecule has 3 atom stereocenters. The summed E-state index contributed by atoms with van der Waals surface area (Å²) in [4.78, 5) is 14.7. The Hall–Kier alpha value is -1.35. The molecule has 0 unspecified atom stereocenters. The summed E-state index contributed by atoms with van der Waals surface area (Å²) in [5, 5.41) is 0. The number of likely N-dealkylation sites (tertiary alicyclic amines) is 1. The molecule has 0 aromatic heterocycles. The molecule has 0 bridgehead atoms. The van der Waals surface area contributed by atoms with Crippen LogP contribution >= 0.6 is 0 Å². The van der Waals surface area contributed by atoms with Gasteiger partial charge in [-0.25, -0.2) is 0 Å². The standard InChI is InChI=1S/C16H22N2O/c1-10-4-3-5-13(11(10)2)16(19)18-8-12-6-7-15(17)14(12)9-18/h3-5,12,14-15H,6-9,17H2,1-2H3/t12-,14+,15-/m0/s1. The van der Waals surface area contributed by atoms with E-state index in [0.717, 1.165) is 30.6 Å². The smallest absolute Gasteiger partial charge is 0.254 e. The molecule has 1 saturated carbocycles. The van der Waals surface area contributed by atoms with Crippen LogP contribution in [0.3, 0.4) is 0 Å². The van der Waals surface area contributed by atoms with Gasteiger partial charge in [0.1, 0.15) is 0 Å². The highest BCUT2D eigenvalue weighted by Gasteiger charge is 2.42. The highest BCUT2D eigenvalue weighted by molar-refractivity contribution is 5.96. The Labute approximate surface area is 114 Å². The van der Waals surface area contributed by atoms with E-state index in [1.165, 1.54) is 12.0 Å². The fraction of sp³-hybridized carbons (Fsp3) is 0.562. The number of nitrogens with zero attached hydrogens (tertiary/aromatic N) is 1. The zero-order chi connectivity index (χ0) is 13.6. The van der Waals surface area contributed by atoms with Crippen molar-refractivity contribution in [2.24, 2.45) is 17.6 Å². The molecule has 2 N–H and O–H groups in total. The molecule has 3 rings (SSSR count). The third-order valence-electron chi connectivity index (χ3n) is 5.03. The maximum atomic E-state index is 12.6. The first-order valence-corrected chi connectivity index (χ1v) is 7.19. The summed E-state index contributed by atoms with van der Waals surface area (Å²) in [7, 11) is 0. The first kappa shape index (κ1) is 12.7. The summed E-state index contributed by atoms with van der Waals surface area (Å²) < 4.78 is 0. The van der Waals surface area contributed by atoms with E-state index in [0.29, 0.717) is 17.9 Å². The predicted octanol–water partition coefficient (Wildman–Crippen LogP) is 2.11. The van der Waals surface area contributed by atoms with Crippen LogP contribution in [0.25, 0.3) is 0 Å². The quantitative estimate of drug-likeness (QED) is 0.838. The van der Waals surface area contributed by atoms with Crippen molar-refractivity contribution >= 4 is 5.91 Å². The molecule has 0 radical (unpaired) electrons. The lowest BCUT2D eigenvalue weighted by Gasteiger charge is -2.20. The summed E-state index contributed by atoms with van der Waals surface area (Å²) in [6, 6.07) is 6.26. The Morgan fingerprint density at radius 2 is 2.05 bits per heavy atom. The summed E-state index contributed by atoms with van der Waals surface area (Å²) in [6.45, 7) is 5.83. The molecule has 0 spiro atoms. The number of nitrogens with two attached hydrogens (primary N) is 1. The number of hydrogen-bond acceptors (Lipinski definition) is 2. The zero-order valence-electron chi connectivity index (χ0n) is 11.7. The Balaban J connectivity index is 1.81. The number of fused-ring (bicyclic) bond motifs is 1. The van der Waals surface area contributed by atoms with Gasteiger partial charge in [0, 0.05) is 24.7 Å². The maximum absolute atomic E-state index is 12.6. The van der Waals surface area contributed by atoms with Crippen molar-refractivity contribution in [3.8, 4) is 0 Å². The van der Waals surface area contributed by atoms with E-state index < -0.39 is 0 Å². The van der Waals surface area contributed by atoms with Crippen molar-refractivity contribution in [1.82, 2.24) is 4.90 Å². The maximum Gasteiger partial charge on any atom is 0.254 e. The Morgan fingerprint density at radius 1 is 1.26 bits per heavy atom. The second-order valence-corrected chi connectivity index (χ2v) is 6.12. The van der Waals surface area contributed by atoms with Crippen LogP contribution in [0.4, 0.5) is 0 Å². The van der Waals surface area contributed by atoms with Crippen LogP contribution < -0.4 is 5.73 Å². The largest absolute Gasteiger partial charge is 0.338 e. The normalized spacial score (nSPS) is 29.6.